The van der Waals surface area contributed by atoms with Crippen LogP contribution in [0.25, 0.3) is 0 Å². The lowest BCUT2D eigenvalue weighted by molar-refractivity contribution is -0.0934. The van der Waals surface area contributed by atoms with Gasteiger partial charge in [-0.05, 0) is 63.5 Å². The Morgan fingerprint density at radius 2 is 2.04 bits per heavy atom. The number of phenols is 1. The summed E-state index contributed by atoms with van der Waals surface area (Å²) in [6.45, 7) is 8.46. The Kier molecular flexibility index (Phi) is 3.45. The summed E-state index contributed by atoms with van der Waals surface area (Å²) in [6, 6.07) is 1.86. The fraction of sp³-hybridized carbons (Fsp3) is 0.600. The van der Waals surface area contributed by atoms with E-state index in [9.17, 15) is 5.11 Å². The van der Waals surface area contributed by atoms with Gasteiger partial charge in [-0.25, -0.2) is 0 Å². The lowest BCUT2D eigenvalue weighted by Gasteiger charge is -2.41. The minimum Gasteiger partial charge on any atom is -0.508 e. The van der Waals surface area contributed by atoms with Gasteiger partial charge in [0.05, 0.1) is 6.10 Å². The van der Waals surface area contributed by atoms with Crippen molar-refractivity contribution in [3.63, 3.8) is 0 Å². The molecule has 0 radical (unpaired) electrons. The smallest absolute Gasteiger partial charge is 0.203 e. The molecule has 124 valence electrons. The molecule has 0 aromatic heterocycles. The predicted octanol–water partition coefficient (Wildman–Crippen LogP) is 4.77. The van der Waals surface area contributed by atoms with Gasteiger partial charge in [0.25, 0.3) is 0 Å². The van der Waals surface area contributed by atoms with Crippen LogP contribution in [0, 0.1) is 12.8 Å². The maximum absolute atomic E-state index is 10.5. The molecule has 1 fully saturated rings. The van der Waals surface area contributed by atoms with Crippen LogP contribution in [0.4, 0.5) is 0 Å². The number of rotatable bonds is 1. The molecule has 2 aliphatic heterocycles. The van der Waals surface area contributed by atoms with Crippen molar-refractivity contribution in [1.82, 2.24) is 0 Å². The molecular weight excluding hydrogens is 288 g/mol. The van der Waals surface area contributed by atoms with E-state index in [2.05, 4.69) is 26.8 Å². The zero-order chi connectivity index (χ0) is 16.3. The Balaban J connectivity index is 1.79. The second-order valence-corrected chi connectivity index (χ2v) is 7.76. The number of hydrogen-bond donors (Lipinski definition) is 1. The number of allylic oxidation sites excluding steroid dienone is 1. The van der Waals surface area contributed by atoms with Gasteiger partial charge >= 0.3 is 0 Å². The molecule has 5 atom stereocenters. The molecular formula is C20H26O3. The van der Waals surface area contributed by atoms with Crippen LogP contribution in [0.15, 0.2) is 17.7 Å². The maximum atomic E-state index is 10.5. The molecule has 1 aromatic rings. The number of hydrogen-bond acceptors (Lipinski definition) is 3. The molecule has 1 aliphatic carbocycles. The lowest BCUT2D eigenvalue weighted by atomic mass is 9.69. The molecule has 1 saturated heterocycles. The van der Waals surface area contributed by atoms with Crippen molar-refractivity contribution >= 4 is 0 Å². The number of aromatic hydroxyl groups is 1. The van der Waals surface area contributed by atoms with E-state index < -0.39 is 0 Å². The first-order valence-electron chi connectivity index (χ1n) is 8.79. The SMILES string of the molecule is CC(C)=CC1CC2C(Oc3c(C)cc(O)c4c3C2CCC4C)O1. The zero-order valence-electron chi connectivity index (χ0n) is 14.4. The minimum absolute atomic E-state index is 0.141. The maximum Gasteiger partial charge on any atom is 0.203 e. The molecule has 1 N–H and O–H groups in total. The van der Waals surface area contributed by atoms with Crippen molar-refractivity contribution in [2.75, 3.05) is 0 Å². The Morgan fingerprint density at radius 3 is 2.78 bits per heavy atom. The molecule has 3 nitrogen and oxygen atoms in total. The third-order valence-electron chi connectivity index (χ3n) is 5.73. The van der Waals surface area contributed by atoms with Crippen molar-refractivity contribution in [2.24, 2.45) is 5.92 Å². The second kappa shape index (κ2) is 5.27. The van der Waals surface area contributed by atoms with Crippen molar-refractivity contribution in [2.45, 2.75) is 71.2 Å². The molecule has 23 heavy (non-hydrogen) atoms. The largest absolute Gasteiger partial charge is 0.508 e. The highest BCUT2D eigenvalue weighted by Gasteiger charge is 2.48. The van der Waals surface area contributed by atoms with Crippen LogP contribution in [0.2, 0.25) is 0 Å². The molecule has 3 heteroatoms. The first-order valence-corrected chi connectivity index (χ1v) is 8.79. The highest BCUT2D eigenvalue weighted by Crippen LogP contribution is 2.57. The third kappa shape index (κ3) is 2.28. The summed E-state index contributed by atoms with van der Waals surface area (Å²) < 4.78 is 12.5. The van der Waals surface area contributed by atoms with Gasteiger partial charge < -0.3 is 14.6 Å². The fourth-order valence-corrected chi connectivity index (χ4v) is 4.78. The van der Waals surface area contributed by atoms with E-state index in [1.807, 2.05) is 13.0 Å². The fourth-order valence-electron chi connectivity index (χ4n) is 4.78. The van der Waals surface area contributed by atoms with Crippen molar-refractivity contribution in [1.29, 1.82) is 0 Å². The summed E-state index contributed by atoms with van der Waals surface area (Å²) in [5.74, 6) is 2.66. The van der Waals surface area contributed by atoms with Gasteiger partial charge in [0.15, 0.2) is 0 Å². The van der Waals surface area contributed by atoms with E-state index in [1.54, 1.807) is 0 Å². The molecule has 0 bridgehead atoms. The van der Waals surface area contributed by atoms with Gasteiger partial charge in [-0.3, -0.25) is 0 Å². The third-order valence-corrected chi connectivity index (χ3v) is 5.73. The molecule has 0 saturated carbocycles. The van der Waals surface area contributed by atoms with E-state index in [4.69, 9.17) is 9.47 Å². The first-order chi connectivity index (χ1) is 11.0. The summed E-state index contributed by atoms with van der Waals surface area (Å²) in [5.41, 5.74) is 4.70. The van der Waals surface area contributed by atoms with Crippen molar-refractivity contribution in [3.8, 4) is 11.5 Å². The predicted molar refractivity (Wildman–Crippen MR) is 90.1 cm³/mol. The van der Waals surface area contributed by atoms with E-state index in [1.165, 1.54) is 17.6 Å². The first kappa shape index (κ1) is 15.1. The summed E-state index contributed by atoms with van der Waals surface area (Å²) in [4.78, 5) is 0. The molecule has 0 spiro atoms. The van der Waals surface area contributed by atoms with Crippen LogP contribution in [0.3, 0.4) is 0 Å². The summed E-state index contributed by atoms with van der Waals surface area (Å²) >= 11 is 0. The van der Waals surface area contributed by atoms with Gasteiger partial charge in [-0.1, -0.05) is 18.6 Å². The van der Waals surface area contributed by atoms with Crippen molar-refractivity contribution in [3.05, 3.63) is 34.4 Å². The van der Waals surface area contributed by atoms with Crippen LogP contribution < -0.4 is 4.74 Å². The van der Waals surface area contributed by atoms with Crippen LogP contribution in [0.5, 0.6) is 11.5 Å². The van der Waals surface area contributed by atoms with Gasteiger partial charge in [0.1, 0.15) is 11.5 Å². The molecule has 2 heterocycles. The Morgan fingerprint density at radius 1 is 1.26 bits per heavy atom. The van der Waals surface area contributed by atoms with Gasteiger partial charge in [-0.15, -0.1) is 0 Å². The van der Waals surface area contributed by atoms with Crippen molar-refractivity contribution < 1.29 is 14.6 Å². The topological polar surface area (TPSA) is 38.7 Å². The molecule has 5 unspecified atom stereocenters. The van der Waals surface area contributed by atoms with Crippen LogP contribution in [-0.4, -0.2) is 17.5 Å². The molecule has 3 aliphatic rings. The lowest BCUT2D eigenvalue weighted by Crippen LogP contribution is -2.36. The van der Waals surface area contributed by atoms with Crippen LogP contribution in [0.1, 0.15) is 68.6 Å². The average molecular weight is 314 g/mol. The van der Waals surface area contributed by atoms with Gasteiger partial charge in [0.2, 0.25) is 6.29 Å². The molecule has 1 aromatic carbocycles. The van der Waals surface area contributed by atoms with E-state index >= 15 is 0 Å². The quantitative estimate of drug-likeness (QED) is 0.759. The highest BCUT2D eigenvalue weighted by atomic mass is 16.7. The van der Waals surface area contributed by atoms with Crippen LogP contribution >= 0.6 is 0 Å². The number of aryl methyl sites for hydroxylation is 1. The second-order valence-electron chi connectivity index (χ2n) is 7.76. The summed E-state index contributed by atoms with van der Waals surface area (Å²) in [7, 11) is 0. The standard InChI is InChI=1S/C20H26O3/c1-10(2)7-13-9-15-14-6-5-11(3)17-16(21)8-12(4)19(18(14)17)23-20(15)22-13/h7-8,11,13-15,20-21H,5-6,9H2,1-4H3. The summed E-state index contributed by atoms with van der Waals surface area (Å²) in [6.07, 6.45) is 5.54. The Hall–Kier alpha value is -1.48. The van der Waals surface area contributed by atoms with Gasteiger partial charge in [0, 0.05) is 17.0 Å². The summed E-state index contributed by atoms with van der Waals surface area (Å²) in [5, 5.41) is 10.5. The van der Waals surface area contributed by atoms with E-state index in [0.29, 0.717) is 23.5 Å². The normalized spacial score (nSPS) is 34.3. The average Bonchev–Trinajstić information content (AvgIpc) is 2.86. The van der Waals surface area contributed by atoms with E-state index in [-0.39, 0.29) is 12.4 Å². The molecule has 0 amide bonds. The monoisotopic (exact) mass is 314 g/mol. The number of fused-ring (bicyclic) bond motifs is 2. The van der Waals surface area contributed by atoms with E-state index in [0.717, 1.165) is 29.7 Å². The number of ether oxygens (including phenoxy) is 2. The Bertz CT molecular complexity index is 672. The molecule has 4 rings (SSSR count). The van der Waals surface area contributed by atoms with Gasteiger partial charge in [-0.2, -0.15) is 0 Å². The Labute approximate surface area is 138 Å². The zero-order valence-corrected chi connectivity index (χ0v) is 14.4. The van der Waals surface area contributed by atoms with Crippen LogP contribution in [-0.2, 0) is 4.74 Å². The number of benzene rings is 1. The highest BCUT2D eigenvalue weighted by molar-refractivity contribution is 5.58. The minimum atomic E-state index is -0.141. The number of phenolic OH excluding ortho intramolecular Hbond substituents is 1.